The molecule has 0 N–H and O–H groups in total. The van der Waals surface area contributed by atoms with Gasteiger partial charge in [0.1, 0.15) is 0 Å². The maximum absolute atomic E-state index is 6.66. The van der Waals surface area contributed by atoms with Gasteiger partial charge in [-0.25, -0.2) is 0 Å². The molecule has 5 heteroatoms. The highest BCUT2D eigenvalue weighted by molar-refractivity contribution is 8.14. The molecular formula is C33H41NO3S. The predicted octanol–water partition coefficient (Wildman–Crippen LogP) is 7.71. The second kappa shape index (κ2) is 15.8. The molecular weight excluding hydrogens is 490 g/mol. The molecule has 4 rings (SSSR count). The summed E-state index contributed by atoms with van der Waals surface area (Å²) in [5.41, 5.74) is 3.55. The van der Waals surface area contributed by atoms with Crippen molar-refractivity contribution in [3.8, 4) is 0 Å². The molecule has 0 unspecified atom stereocenters. The van der Waals surface area contributed by atoms with Gasteiger partial charge in [0, 0.05) is 17.7 Å². The summed E-state index contributed by atoms with van der Waals surface area (Å²) >= 11 is 1.89. The topological polar surface area (TPSA) is 40.0 Å². The van der Waals surface area contributed by atoms with E-state index in [1.807, 2.05) is 30.0 Å². The van der Waals surface area contributed by atoms with E-state index >= 15 is 0 Å². The van der Waals surface area contributed by atoms with E-state index in [1.54, 1.807) is 0 Å². The fourth-order valence-corrected chi connectivity index (χ4v) is 6.20. The smallest absolute Gasteiger partial charge is 0.0892 e. The van der Waals surface area contributed by atoms with Crippen molar-refractivity contribution in [2.75, 3.05) is 13.2 Å². The first-order valence-corrected chi connectivity index (χ1v) is 14.7. The molecule has 3 aromatic carbocycles. The second-order valence-electron chi connectivity index (χ2n) is 9.97. The molecule has 0 radical (unpaired) electrons. The van der Waals surface area contributed by atoms with Gasteiger partial charge in [0.05, 0.1) is 43.7 Å². The fraction of sp³-hybridized carbons (Fsp3) is 0.424. The van der Waals surface area contributed by atoms with E-state index in [9.17, 15) is 0 Å². The molecule has 0 saturated heterocycles. The van der Waals surface area contributed by atoms with Crippen molar-refractivity contribution in [3.05, 3.63) is 108 Å². The van der Waals surface area contributed by atoms with Gasteiger partial charge in [0.2, 0.25) is 0 Å². The molecule has 0 aromatic heterocycles. The largest absolute Gasteiger partial charge is 0.376 e. The van der Waals surface area contributed by atoms with Gasteiger partial charge in [-0.2, -0.15) is 0 Å². The van der Waals surface area contributed by atoms with Crippen molar-refractivity contribution in [3.63, 3.8) is 0 Å². The minimum absolute atomic E-state index is 0.0190. The molecule has 1 saturated carbocycles. The molecule has 1 fully saturated rings. The molecule has 0 amide bonds. The fourth-order valence-electron chi connectivity index (χ4n) is 4.92. The summed E-state index contributed by atoms with van der Waals surface area (Å²) < 4.78 is 19.6. The Kier molecular flexibility index (Phi) is 11.9. The van der Waals surface area contributed by atoms with Gasteiger partial charge in [-0.15, -0.1) is 11.8 Å². The Morgan fingerprint density at radius 2 is 1.32 bits per heavy atom. The van der Waals surface area contributed by atoms with Gasteiger partial charge in [-0.3, -0.25) is 4.99 Å². The van der Waals surface area contributed by atoms with Gasteiger partial charge in [-0.1, -0.05) is 97.9 Å². The summed E-state index contributed by atoms with van der Waals surface area (Å²) in [5.74, 6) is 0.230. The Hall–Kier alpha value is -2.44. The monoisotopic (exact) mass is 531 g/mol. The summed E-state index contributed by atoms with van der Waals surface area (Å²) in [4.78, 5) is 4.75. The highest BCUT2D eigenvalue weighted by atomic mass is 32.2. The molecule has 0 aliphatic heterocycles. The summed E-state index contributed by atoms with van der Waals surface area (Å²) in [6, 6.07) is 31.2. The quantitative estimate of drug-likeness (QED) is 0.167. The molecule has 0 bridgehead atoms. The number of aliphatic imine (C=N–C) groups is 1. The predicted molar refractivity (Wildman–Crippen MR) is 159 cm³/mol. The maximum atomic E-state index is 6.66. The normalized spacial score (nSPS) is 21.9. The van der Waals surface area contributed by atoms with E-state index in [1.165, 1.54) is 16.7 Å². The van der Waals surface area contributed by atoms with Gasteiger partial charge in [0.15, 0.2) is 0 Å². The van der Waals surface area contributed by atoms with Crippen LogP contribution in [0.5, 0.6) is 0 Å². The number of hydrogen-bond donors (Lipinski definition) is 0. The first kappa shape index (κ1) is 28.6. The molecule has 0 heterocycles. The van der Waals surface area contributed by atoms with Crippen LogP contribution in [0, 0.1) is 5.92 Å². The van der Waals surface area contributed by atoms with Crippen LogP contribution < -0.4 is 0 Å². The first-order chi connectivity index (χ1) is 18.7. The molecule has 3 aromatic rings. The van der Waals surface area contributed by atoms with Crippen molar-refractivity contribution in [1.29, 1.82) is 0 Å². The number of nitrogens with zero attached hydrogens (tertiary/aromatic N) is 1. The van der Waals surface area contributed by atoms with E-state index < -0.39 is 0 Å². The van der Waals surface area contributed by atoms with E-state index in [0.717, 1.165) is 30.9 Å². The van der Waals surface area contributed by atoms with Crippen LogP contribution in [0.2, 0.25) is 0 Å². The lowest BCUT2D eigenvalue weighted by molar-refractivity contribution is -0.139. The molecule has 38 heavy (non-hydrogen) atoms. The Bertz CT molecular complexity index is 1080. The number of rotatable bonds is 13. The Morgan fingerprint density at radius 1 is 0.763 bits per heavy atom. The summed E-state index contributed by atoms with van der Waals surface area (Å²) in [6.07, 6.45) is 2.96. The average molecular weight is 532 g/mol. The zero-order chi connectivity index (χ0) is 26.4. The summed E-state index contributed by atoms with van der Waals surface area (Å²) in [7, 11) is 0. The average Bonchev–Trinajstić information content (AvgIpc) is 2.96. The van der Waals surface area contributed by atoms with E-state index in [4.69, 9.17) is 19.2 Å². The lowest BCUT2D eigenvalue weighted by Crippen LogP contribution is -2.47. The van der Waals surface area contributed by atoms with Crippen LogP contribution in [0.3, 0.4) is 0 Å². The number of ether oxygens (including phenoxy) is 3. The van der Waals surface area contributed by atoms with Crippen molar-refractivity contribution >= 4 is 16.8 Å². The SMILES string of the molecule is CCCN=C(C)S[C@H]1C[C@H](COCc2ccccc2)[C@@H](OCc2ccccc2)[C@H](OCc2ccccc2)C1. The standard InChI is InChI=1S/C33H41NO3S/c1-3-19-34-26(2)38-31-20-30(25-35-22-27-13-7-4-8-14-27)33(37-24-29-17-11-6-12-18-29)32(21-31)36-23-28-15-9-5-10-16-28/h4-18,30-33H,3,19-25H2,1-2H3/t30-,31+,32-,33-/m1/s1. The van der Waals surface area contributed by atoms with E-state index in [2.05, 4.69) is 86.6 Å². The van der Waals surface area contributed by atoms with Crippen LogP contribution in [0.25, 0.3) is 0 Å². The lowest BCUT2D eigenvalue weighted by Gasteiger charge is -2.41. The molecule has 4 nitrogen and oxygen atoms in total. The van der Waals surface area contributed by atoms with Gasteiger partial charge < -0.3 is 14.2 Å². The van der Waals surface area contributed by atoms with Gasteiger partial charge in [-0.05, 0) is 42.9 Å². The first-order valence-electron chi connectivity index (χ1n) is 13.8. The van der Waals surface area contributed by atoms with Crippen molar-refractivity contribution in [2.24, 2.45) is 10.9 Å². The van der Waals surface area contributed by atoms with Crippen LogP contribution in [0.15, 0.2) is 96.0 Å². The van der Waals surface area contributed by atoms with Crippen LogP contribution in [0.1, 0.15) is 49.8 Å². The molecule has 1 aliphatic carbocycles. The third-order valence-corrected chi connectivity index (χ3v) is 8.01. The number of hydrogen-bond acceptors (Lipinski definition) is 5. The van der Waals surface area contributed by atoms with Crippen molar-refractivity contribution in [2.45, 2.75) is 70.4 Å². The lowest BCUT2D eigenvalue weighted by atomic mass is 9.84. The second-order valence-corrected chi connectivity index (χ2v) is 11.5. The third kappa shape index (κ3) is 9.39. The maximum Gasteiger partial charge on any atom is 0.0892 e. The van der Waals surface area contributed by atoms with Crippen LogP contribution in [-0.4, -0.2) is 35.7 Å². The molecule has 1 aliphatic rings. The Morgan fingerprint density at radius 3 is 1.89 bits per heavy atom. The highest BCUT2D eigenvalue weighted by Crippen LogP contribution is 2.37. The van der Waals surface area contributed by atoms with Crippen LogP contribution in [0.4, 0.5) is 0 Å². The minimum Gasteiger partial charge on any atom is -0.376 e. The summed E-state index contributed by atoms with van der Waals surface area (Å²) in [6.45, 7) is 7.58. The van der Waals surface area contributed by atoms with Crippen molar-refractivity contribution in [1.82, 2.24) is 0 Å². The zero-order valence-electron chi connectivity index (χ0n) is 22.7. The Labute approximate surface area is 232 Å². The molecule has 0 spiro atoms. The number of thioether (sulfide) groups is 1. The number of benzene rings is 3. The van der Waals surface area contributed by atoms with Gasteiger partial charge in [0.25, 0.3) is 0 Å². The van der Waals surface area contributed by atoms with Crippen LogP contribution in [-0.2, 0) is 34.0 Å². The van der Waals surface area contributed by atoms with Crippen LogP contribution >= 0.6 is 11.8 Å². The molecule has 4 atom stereocenters. The highest BCUT2D eigenvalue weighted by Gasteiger charge is 2.40. The van der Waals surface area contributed by atoms with E-state index in [0.29, 0.717) is 31.7 Å². The summed E-state index contributed by atoms with van der Waals surface area (Å²) in [5, 5.41) is 1.57. The minimum atomic E-state index is -0.0422. The Balaban J connectivity index is 1.50. The van der Waals surface area contributed by atoms with E-state index in [-0.39, 0.29) is 18.1 Å². The van der Waals surface area contributed by atoms with Crippen molar-refractivity contribution < 1.29 is 14.2 Å². The third-order valence-electron chi connectivity index (χ3n) is 6.82. The molecule has 202 valence electrons. The van der Waals surface area contributed by atoms with Gasteiger partial charge >= 0.3 is 0 Å². The zero-order valence-corrected chi connectivity index (χ0v) is 23.5.